The van der Waals surface area contributed by atoms with Gasteiger partial charge in [0, 0.05) is 0 Å². The number of hydrogen-bond acceptors (Lipinski definition) is 0. The minimum atomic E-state index is -0.525. The summed E-state index contributed by atoms with van der Waals surface area (Å²) in [5.74, 6) is 0. The third kappa shape index (κ3) is 4.16. The third-order valence-corrected chi connectivity index (χ3v) is 12.8. The lowest BCUT2D eigenvalue weighted by atomic mass is 9.88. The van der Waals surface area contributed by atoms with Crippen LogP contribution in [-0.2, 0) is 12.3 Å². The van der Waals surface area contributed by atoms with Crippen LogP contribution < -0.4 is 10.5 Å². The lowest BCUT2D eigenvalue weighted by molar-refractivity contribution is 0.877. The number of benzene rings is 5. The number of unbranched alkanes of at least 4 members (excludes halogenated alkanes) is 1. The summed E-state index contributed by atoms with van der Waals surface area (Å²) in [7, 11) is -0.846. The van der Waals surface area contributed by atoms with Crippen molar-refractivity contribution in [1.29, 1.82) is 0 Å². The van der Waals surface area contributed by atoms with Crippen molar-refractivity contribution in [1.82, 2.24) is 0 Å². The van der Waals surface area contributed by atoms with Crippen LogP contribution in [0.3, 0.4) is 0 Å². The lowest BCUT2D eigenvalue weighted by Crippen LogP contribution is -2.37. The second-order valence-corrected chi connectivity index (χ2v) is 14.7. The molecule has 1 radical (unpaired) electrons. The Morgan fingerprint density at radius 3 is 1.80 bits per heavy atom. The van der Waals surface area contributed by atoms with E-state index in [1.807, 2.05) is 0 Å². The molecule has 1 aliphatic rings. The summed E-state index contributed by atoms with van der Waals surface area (Å²) >= 11 is 0. The van der Waals surface area contributed by atoms with Gasteiger partial charge in [-0.2, -0.15) is 0 Å². The van der Waals surface area contributed by atoms with Crippen LogP contribution in [-0.4, -0.2) is 8.80 Å². The van der Waals surface area contributed by atoms with Crippen molar-refractivity contribution in [2.24, 2.45) is 0 Å². The molecule has 0 nitrogen and oxygen atoms in total. The Labute approximate surface area is 212 Å². The Bertz CT molecular complexity index is 1430. The van der Waals surface area contributed by atoms with Crippen LogP contribution in [0.1, 0.15) is 30.9 Å². The van der Waals surface area contributed by atoms with Crippen LogP contribution >= 0.6 is 7.92 Å². The van der Waals surface area contributed by atoms with Crippen molar-refractivity contribution in [2.45, 2.75) is 44.7 Å². The van der Waals surface area contributed by atoms with E-state index in [2.05, 4.69) is 111 Å². The molecule has 0 unspecified atom stereocenters. The molecule has 0 fully saturated rings. The maximum atomic E-state index is 2.54. The van der Waals surface area contributed by atoms with Crippen LogP contribution in [0, 0.1) is 0 Å². The molecule has 5 aromatic rings. The second-order valence-electron chi connectivity index (χ2n) is 9.90. The van der Waals surface area contributed by atoms with Gasteiger partial charge in [0.2, 0.25) is 0 Å². The minimum Gasteiger partial charge on any atom is -0.0669 e. The lowest BCUT2D eigenvalue weighted by Gasteiger charge is -2.23. The summed E-state index contributed by atoms with van der Waals surface area (Å²) in [5, 5.41) is 8.83. The zero-order valence-electron chi connectivity index (χ0n) is 20.7. The molecular weight excluding hydrogens is 455 g/mol. The van der Waals surface area contributed by atoms with Crippen LogP contribution in [0.5, 0.6) is 0 Å². The average Bonchev–Trinajstić information content (AvgIpc) is 3.09. The molecule has 0 aromatic heterocycles. The van der Waals surface area contributed by atoms with Gasteiger partial charge in [0.15, 0.2) is 0 Å². The second kappa shape index (κ2) is 9.73. The summed E-state index contributed by atoms with van der Waals surface area (Å²) in [4.78, 5) is 0. The highest BCUT2D eigenvalue weighted by molar-refractivity contribution is 7.64. The molecule has 0 N–H and O–H groups in total. The van der Waals surface area contributed by atoms with Gasteiger partial charge in [-0.15, -0.1) is 0 Å². The Morgan fingerprint density at radius 1 is 0.657 bits per heavy atom. The first kappa shape index (κ1) is 22.7. The van der Waals surface area contributed by atoms with E-state index >= 15 is 0 Å². The molecule has 35 heavy (non-hydrogen) atoms. The fourth-order valence-electron chi connectivity index (χ4n) is 5.81. The predicted molar refractivity (Wildman–Crippen MR) is 158 cm³/mol. The highest BCUT2D eigenvalue weighted by atomic mass is 31.1. The molecule has 0 spiro atoms. The minimum absolute atomic E-state index is 0.320. The summed E-state index contributed by atoms with van der Waals surface area (Å²) < 4.78 is 0. The summed E-state index contributed by atoms with van der Waals surface area (Å²) in [6, 6.07) is 38.4. The van der Waals surface area contributed by atoms with Gasteiger partial charge in [-0.1, -0.05) is 143 Å². The quantitative estimate of drug-likeness (QED) is 0.172. The Hall–Kier alpha value is -2.73. The number of rotatable bonds is 5. The van der Waals surface area contributed by atoms with Gasteiger partial charge < -0.3 is 0 Å². The van der Waals surface area contributed by atoms with Gasteiger partial charge in [0.05, 0.1) is 8.80 Å². The fraction of sp³-hybridized carbons (Fsp3) is 0.212. The maximum Gasteiger partial charge on any atom is 0.0832 e. The van der Waals surface area contributed by atoms with E-state index in [0.717, 1.165) is 0 Å². The topological polar surface area (TPSA) is 0 Å². The van der Waals surface area contributed by atoms with Crippen LogP contribution in [0.2, 0.25) is 12.6 Å². The standard InChI is InChI=1S/C33H32PSi/c1-3-4-21-35(2)31-16-10-9-15-30(31)34-22-26-19-17-24-11-5-7-13-28(24)32(26)33-27(23-34)20-18-25-12-6-8-14-29(25)33/h5-20H,3-4,21-23H2,1-2H3. The molecule has 0 amide bonds. The molecule has 5 aromatic carbocycles. The zero-order valence-corrected chi connectivity index (χ0v) is 22.6. The number of fused-ring (bicyclic) bond motifs is 7. The van der Waals surface area contributed by atoms with E-state index < -0.39 is 8.80 Å². The van der Waals surface area contributed by atoms with Crippen molar-refractivity contribution in [2.75, 3.05) is 0 Å². The average molecular weight is 488 g/mol. The van der Waals surface area contributed by atoms with Gasteiger partial charge in [0.1, 0.15) is 0 Å². The Balaban J connectivity index is 1.58. The van der Waals surface area contributed by atoms with E-state index in [9.17, 15) is 0 Å². The predicted octanol–water partition coefficient (Wildman–Crippen LogP) is 8.61. The van der Waals surface area contributed by atoms with Gasteiger partial charge >= 0.3 is 0 Å². The summed E-state index contributed by atoms with van der Waals surface area (Å²) in [5.41, 5.74) is 6.01. The van der Waals surface area contributed by atoms with E-state index in [1.165, 1.54) is 75.0 Å². The normalized spacial score (nSPS) is 13.7. The van der Waals surface area contributed by atoms with E-state index in [4.69, 9.17) is 0 Å². The smallest absolute Gasteiger partial charge is 0.0669 e. The molecule has 0 saturated heterocycles. The molecule has 173 valence electrons. The van der Waals surface area contributed by atoms with Crippen molar-refractivity contribution in [3.8, 4) is 11.1 Å². The van der Waals surface area contributed by atoms with Gasteiger partial charge in [-0.05, 0) is 61.4 Å². The third-order valence-electron chi connectivity index (χ3n) is 7.61. The molecule has 1 aliphatic heterocycles. The highest BCUT2D eigenvalue weighted by Gasteiger charge is 2.27. The van der Waals surface area contributed by atoms with Crippen molar-refractivity contribution < 1.29 is 0 Å². The van der Waals surface area contributed by atoms with E-state index in [0.29, 0.717) is 0 Å². The van der Waals surface area contributed by atoms with Crippen molar-refractivity contribution in [3.63, 3.8) is 0 Å². The van der Waals surface area contributed by atoms with Crippen LogP contribution in [0.4, 0.5) is 0 Å². The van der Waals surface area contributed by atoms with Crippen LogP contribution in [0.25, 0.3) is 32.7 Å². The number of hydrogen-bond donors (Lipinski definition) is 0. The first-order chi connectivity index (χ1) is 17.2. The monoisotopic (exact) mass is 487 g/mol. The largest absolute Gasteiger partial charge is 0.0832 e. The molecule has 0 bridgehead atoms. The molecular formula is C33H32PSi. The molecule has 1 heterocycles. The SMILES string of the molecule is CCCC[Si](C)c1ccccc1P1Cc2ccc3ccccc3c2-c2c(ccc3ccccc23)C1. The summed E-state index contributed by atoms with van der Waals surface area (Å²) in [6.07, 6.45) is 4.97. The Kier molecular flexibility index (Phi) is 6.31. The van der Waals surface area contributed by atoms with E-state index in [1.54, 1.807) is 10.5 Å². The maximum absolute atomic E-state index is 2.54. The Morgan fingerprint density at radius 2 is 1.20 bits per heavy atom. The van der Waals surface area contributed by atoms with Gasteiger partial charge in [-0.3, -0.25) is 0 Å². The molecule has 0 saturated carbocycles. The summed E-state index contributed by atoms with van der Waals surface area (Å²) in [6.45, 7) is 4.86. The first-order valence-electron chi connectivity index (χ1n) is 12.9. The first-order valence-corrected chi connectivity index (χ1v) is 16.8. The van der Waals surface area contributed by atoms with Crippen molar-refractivity contribution >= 4 is 48.8 Å². The van der Waals surface area contributed by atoms with Gasteiger partial charge in [-0.25, -0.2) is 0 Å². The molecule has 0 atom stereocenters. The van der Waals surface area contributed by atoms with E-state index in [-0.39, 0.29) is 7.92 Å². The molecule has 0 aliphatic carbocycles. The van der Waals surface area contributed by atoms with Gasteiger partial charge in [0.25, 0.3) is 0 Å². The molecule has 2 heteroatoms. The molecule has 6 rings (SSSR count). The highest BCUT2D eigenvalue weighted by Crippen LogP contribution is 2.52. The zero-order chi connectivity index (χ0) is 23.8. The van der Waals surface area contributed by atoms with Crippen LogP contribution in [0.15, 0.2) is 97.1 Å². The van der Waals surface area contributed by atoms with Crippen molar-refractivity contribution in [3.05, 3.63) is 108 Å². The fourth-order valence-corrected chi connectivity index (χ4v) is 11.4.